The van der Waals surface area contributed by atoms with Gasteiger partial charge in [-0.3, -0.25) is 4.90 Å². The lowest BCUT2D eigenvalue weighted by atomic mass is 9.81. The van der Waals surface area contributed by atoms with Crippen molar-refractivity contribution in [2.75, 3.05) is 60.0 Å². The molecule has 2 unspecified atom stereocenters. The molecule has 0 aromatic heterocycles. The van der Waals surface area contributed by atoms with Gasteiger partial charge >= 0.3 is 0 Å². The summed E-state index contributed by atoms with van der Waals surface area (Å²) in [4.78, 5) is 5.06. The first-order valence-corrected chi connectivity index (χ1v) is 8.32. The van der Waals surface area contributed by atoms with E-state index in [2.05, 4.69) is 36.1 Å². The average Bonchev–Trinajstić information content (AvgIpc) is 2.84. The van der Waals surface area contributed by atoms with Gasteiger partial charge in [-0.2, -0.15) is 0 Å². The fraction of sp³-hybridized carbons (Fsp3) is 1.00. The number of rotatable bonds is 7. The van der Waals surface area contributed by atoms with Crippen molar-refractivity contribution in [2.24, 2.45) is 5.41 Å². The standard InChI is InChI=1S/C16H33N3O/c1-4-17-12-16(8-6-10-20-14-16)13-19-9-5-7-15(19)11-18(2)3/h15,17H,4-14H2,1-3H3. The Morgan fingerprint density at radius 3 is 2.85 bits per heavy atom. The smallest absolute Gasteiger partial charge is 0.0546 e. The average molecular weight is 283 g/mol. The minimum atomic E-state index is 0.336. The van der Waals surface area contributed by atoms with Gasteiger partial charge in [0.15, 0.2) is 0 Å². The Bertz CT molecular complexity index is 277. The highest BCUT2D eigenvalue weighted by molar-refractivity contribution is 4.91. The maximum Gasteiger partial charge on any atom is 0.0546 e. The first-order valence-electron chi connectivity index (χ1n) is 8.32. The second kappa shape index (κ2) is 7.74. The summed E-state index contributed by atoms with van der Waals surface area (Å²) in [5, 5.41) is 3.57. The van der Waals surface area contributed by atoms with Crippen molar-refractivity contribution in [1.29, 1.82) is 0 Å². The molecule has 4 heteroatoms. The fourth-order valence-electron chi connectivity index (χ4n) is 3.78. The van der Waals surface area contributed by atoms with Crippen LogP contribution in [0.1, 0.15) is 32.6 Å². The maximum absolute atomic E-state index is 5.83. The van der Waals surface area contributed by atoms with Crippen molar-refractivity contribution < 1.29 is 4.74 Å². The number of likely N-dealkylation sites (tertiary alicyclic amines) is 1. The molecule has 2 atom stereocenters. The van der Waals surface area contributed by atoms with E-state index in [9.17, 15) is 0 Å². The van der Waals surface area contributed by atoms with Crippen LogP contribution >= 0.6 is 0 Å². The molecule has 0 aromatic carbocycles. The minimum Gasteiger partial charge on any atom is -0.381 e. The molecule has 0 bridgehead atoms. The van der Waals surface area contributed by atoms with Crippen LogP contribution in [-0.2, 0) is 4.74 Å². The second-order valence-corrected chi connectivity index (χ2v) is 6.97. The number of likely N-dealkylation sites (N-methyl/N-ethyl adjacent to an activating group) is 1. The zero-order chi connectivity index (χ0) is 14.4. The Balaban J connectivity index is 1.95. The molecule has 2 aliphatic rings. The summed E-state index contributed by atoms with van der Waals surface area (Å²) in [5.41, 5.74) is 0.336. The van der Waals surface area contributed by atoms with E-state index in [-0.39, 0.29) is 0 Å². The molecule has 2 fully saturated rings. The lowest BCUT2D eigenvalue weighted by Gasteiger charge is -2.42. The molecule has 0 spiro atoms. The number of nitrogens with zero attached hydrogens (tertiary/aromatic N) is 2. The molecule has 4 nitrogen and oxygen atoms in total. The summed E-state index contributed by atoms with van der Waals surface area (Å²) in [7, 11) is 4.38. The summed E-state index contributed by atoms with van der Waals surface area (Å²) >= 11 is 0. The van der Waals surface area contributed by atoms with E-state index in [0.717, 1.165) is 32.3 Å². The highest BCUT2D eigenvalue weighted by Gasteiger charge is 2.37. The van der Waals surface area contributed by atoms with E-state index in [1.165, 1.54) is 45.3 Å². The first-order chi connectivity index (χ1) is 9.65. The zero-order valence-corrected chi connectivity index (χ0v) is 13.7. The number of nitrogens with one attached hydrogen (secondary N) is 1. The molecule has 2 saturated heterocycles. The molecule has 0 aromatic rings. The van der Waals surface area contributed by atoms with Gasteiger partial charge in [-0.15, -0.1) is 0 Å². The number of ether oxygens (including phenoxy) is 1. The zero-order valence-electron chi connectivity index (χ0n) is 13.7. The van der Waals surface area contributed by atoms with Crippen LogP contribution in [0.2, 0.25) is 0 Å². The van der Waals surface area contributed by atoms with E-state index in [1.54, 1.807) is 0 Å². The molecule has 1 N–H and O–H groups in total. The third-order valence-electron chi connectivity index (χ3n) is 4.77. The quantitative estimate of drug-likeness (QED) is 0.765. The van der Waals surface area contributed by atoms with Crippen LogP contribution in [0, 0.1) is 5.41 Å². The molecule has 0 radical (unpaired) electrons. The van der Waals surface area contributed by atoms with Gasteiger partial charge in [-0.1, -0.05) is 6.92 Å². The van der Waals surface area contributed by atoms with Crippen LogP contribution < -0.4 is 5.32 Å². The van der Waals surface area contributed by atoms with Crippen molar-refractivity contribution in [1.82, 2.24) is 15.1 Å². The summed E-state index contributed by atoms with van der Waals surface area (Å²) in [5.74, 6) is 0. The van der Waals surface area contributed by atoms with Gasteiger partial charge < -0.3 is 15.0 Å². The lowest BCUT2D eigenvalue weighted by Crippen LogP contribution is -2.51. The van der Waals surface area contributed by atoms with Gasteiger partial charge in [0.2, 0.25) is 0 Å². The van der Waals surface area contributed by atoms with Crippen molar-refractivity contribution in [3.8, 4) is 0 Å². The van der Waals surface area contributed by atoms with Crippen LogP contribution in [0.5, 0.6) is 0 Å². The predicted octanol–water partition coefficient (Wildman–Crippen LogP) is 1.42. The Hall–Kier alpha value is -0.160. The van der Waals surface area contributed by atoms with Crippen LogP contribution in [0.25, 0.3) is 0 Å². The van der Waals surface area contributed by atoms with Gasteiger partial charge in [0, 0.05) is 37.7 Å². The van der Waals surface area contributed by atoms with Crippen LogP contribution in [0.15, 0.2) is 0 Å². The monoisotopic (exact) mass is 283 g/mol. The van der Waals surface area contributed by atoms with E-state index in [4.69, 9.17) is 4.74 Å². The third kappa shape index (κ3) is 4.42. The normalized spacial score (nSPS) is 32.1. The molecular weight excluding hydrogens is 250 g/mol. The number of hydrogen-bond donors (Lipinski definition) is 1. The largest absolute Gasteiger partial charge is 0.381 e. The van der Waals surface area contributed by atoms with Crippen LogP contribution in [-0.4, -0.2) is 75.9 Å². The third-order valence-corrected chi connectivity index (χ3v) is 4.77. The summed E-state index contributed by atoms with van der Waals surface area (Å²) in [6.45, 7) is 9.92. The molecule has 0 amide bonds. The van der Waals surface area contributed by atoms with Gasteiger partial charge in [0.25, 0.3) is 0 Å². The molecular formula is C16H33N3O. The highest BCUT2D eigenvalue weighted by atomic mass is 16.5. The molecule has 20 heavy (non-hydrogen) atoms. The molecule has 0 saturated carbocycles. The first kappa shape index (κ1) is 16.2. The highest BCUT2D eigenvalue weighted by Crippen LogP contribution is 2.32. The Labute approximate surface area is 124 Å². The van der Waals surface area contributed by atoms with Gasteiger partial charge in [0.1, 0.15) is 0 Å². The SMILES string of the molecule is CCNCC1(CN2CCCC2CN(C)C)CCCOC1. The summed E-state index contributed by atoms with van der Waals surface area (Å²) in [6, 6.07) is 0.741. The molecule has 118 valence electrons. The summed E-state index contributed by atoms with van der Waals surface area (Å²) in [6.07, 6.45) is 5.25. The minimum absolute atomic E-state index is 0.336. The summed E-state index contributed by atoms with van der Waals surface area (Å²) < 4.78 is 5.83. The van der Waals surface area contributed by atoms with Gasteiger partial charge in [-0.05, 0) is 52.9 Å². The maximum atomic E-state index is 5.83. The topological polar surface area (TPSA) is 27.7 Å². The van der Waals surface area contributed by atoms with E-state index in [0.29, 0.717) is 5.41 Å². The van der Waals surface area contributed by atoms with E-state index >= 15 is 0 Å². The second-order valence-electron chi connectivity index (χ2n) is 6.97. The molecule has 0 aliphatic carbocycles. The Morgan fingerprint density at radius 2 is 2.20 bits per heavy atom. The van der Waals surface area contributed by atoms with Crippen molar-refractivity contribution in [3.05, 3.63) is 0 Å². The van der Waals surface area contributed by atoms with Crippen LogP contribution in [0.4, 0.5) is 0 Å². The predicted molar refractivity (Wildman–Crippen MR) is 84.2 cm³/mol. The lowest BCUT2D eigenvalue weighted by molar-refractivity contribution is -0.0289. The fourth-order valence-corrected chi connectivity index (χ4v) is 3.78. The molecule has 2 aliphatic heterocycles. The van der Waals surface area contributed by atoms with E-state index in [1.807, 2.05) is 0 Å². The van der Waals surface area contributed by atoms with Crippen molar-refractivity contribution >= 4 is 0 Å². The van der Waals surface area contributed by atoms with Gasteiger partial charge in [-0.25, -0.2) is 0 Å². The Morgan fingerprint density at radius 1 is 1.35 bits per heavy atom. The molecule has 2 rings (SSSR count). The van der Waals surface area contributed by atoms with Gasteiger partial charge in [0.05, 0.1) is 6.61 Å². The van der Waals surface area contributed by atoms with E-state index < -0.39 is 0 Å². The number of hydrogen-bond acceptors (Lipinski definition) is 4. The van der Waals surface area contributed by atoms with Crippen molar-refractivity contribution in [2.45, 2.75) is 38.6 Å². The van der Waals surface area contributed by atoms with Crippen LogP contribution in [0.3, 0.4) is 0 Å². The molecule has 2 heterocycles. The Kier molecular flexibility index (Phi) is 6.27. The van der Waals surface area contributed by atoms with Crippen molar-refractivity contribution in [3.63, 3.8) is 0 Å².